The van der Waals surface area contributed by atoms with Crippen molar-refractivity contribution in [1.29, 1.82) is 0 Å². The van der Waals surface area contributed by atoms with Crippen LogP contribution in [0.3, 0.4) is 0 Å². The van der Waals surface area contributed by atoms with Crippen molar-refractivity contribution in [2.45, 2.75) is 12.5 Å². The molecule has 0 aliphatic heterocycles. The summed E-state index contributed by atoms with van der Waals surface area (Å²) in [6.45, 7) is 0. The molecule has 3 rings (SSSR count). The van der Waals surface area contributed by atoms with Crippen LogP contribution in [0.25, 0.3) is 10.4 Å². The van der Waals surface area contributed by atoms with Gasteiger partial charge in [0.1, 0.15) is 11.7 Å². The quantitative estimate of drug-likeness (QED) is 0.614. The largest absolute Gasteiger partial charge is 0.363 e. The van der Waals surface area contributed by atoms with Crippen molar-refractivity contribution in [2.75, 3.05) is 0 Å². The van der Waals surface area contributed by atoms with Crippen LogP contribution in [0.15, 0.2) is 66.2 Å². The number of thiazole rings is 1. The average Bonchev–Trinajstić information content (AvgIpc) is 3.18. The lowest BCUT2D eigenvalue weighted by Crippen LogP contribution is -2.47. The number of rotatable bonds is 7. The Balaban J connectivity index is 1.84. The van der Waals surface area contributed by atoms with E-state index in [9.17, 15) is 14.4 Å². The van der Waals surface area contributed by atoms with Crippen molar-refractivity contribution in [1.82, 2.24) is 10.3 Å². The molecule has 1 heterocycles. The normalized spacial score (nSPS) is 11.6. The zero-order valence-electron chi connectivity index (χ0n) is 14.3. The lowest BCUT2D eigenvalue weighted by Gasteiger charge is -2.16. The Morgan fingerprint density at radius 3 is 2.26 bits per heavy atom. The second-order valence-corrected chi connectivity index (χ2v) is 6.70. The number of aromatic nitrogens is 1. The van der Waals surface area contributed by atoms with E-state index in [2.05, 4.69) is 10.3 Å². The highest BCUT2D eigenvalue weighted by Gasteiger charge is 2.27. The number of primary amides is 1. The van der Waals surface area contributed by atoms with Crippen LogP contribution in [0.4, 0.5) is 0 Å². The molecular weight excluding hydrogens is 362 g/mol. The molecule has 3 aromatic rings. The zero-order valence-corrected chi connectivity index (χ0v) is 15.1. The molecule has 0 aliphatic rings. The van der Waals surface area contributed by atoms with Gasteiger partial charge in [-0.2, -0.15) is 0 Å². The number of nitrogens with one attached hydrogen (secondary N) is 1. The zero-order chi connectivity index (χ0) is 19.2. The molecule has 0 aliphatic carbocycles. The fourth-order valence-corrected chi connectivity index (χ4v) is 3.45. The number of carbonyl (C=O) groups excluding carboxylic acids is 3. The maximum absolute atomic E-state index is 12.8. The molecule has 6 nitrogen and oxygen atoms in total. The summed E-state index contributed by atoms with van der Waals surface area (Å²) in [5.74, 6) is -2.45. The van der Waals surface area contributed by atoms with E-state index in [1.54, 1.807) is 5.51 Å². The molecule has 2 amide bonds. The number of hydrogen-bond acceptors (Lipinski definition) is 5. The number of hydrogen-bond donors (Lipinski definition) is 2. The minimum absolute atomic E-state index is 0.166. The van der Waals surface area contributed by atoms with Crippen molar-refractivity contribution in [3.8, 4) is 10.4 Å². The number of ketones is 1. The molecular formula is C20H17N3O3S. The monoisotopic (exact) mass is 379 g/mol. The van der Waals surface area contributed by atoms with E-state index < -0.39 is 23.6 Å². The van der Waals surface area contributed by atoms with Crippen LogP contribution in [0.1, 0.15) is 16.1 Å². The van der Waals surface area contributed by atoms with Gasteiger partial charge in [0, 0.05) is 6.42 Å². The topological polar surface area (TPSA) is 102 Å². The molecule has 27 heavy (non-hydrogen) atoms. The van der Waals surface area contributed by atoms with Crippen molar-refractivity contribution in [3.63, 3.8) is 0 Å². The summed E-state index contributed by atoms with van der Waals surface area (Å²) in [4.78, 5) is 41.2. The lowest BCUT2D eigenvalue weighted by atomic mass is 10.0. The molecule has 136 valence electrons. The van der Waals surface area contributed by atoms with E-state index >= 15 is 0 Å². The van der Waals surface area contributed by atoms with Gasteiger partial charge in [0.25, 0.3) is 11.8 Å². The van der Waals surface area contributed by atoms with Gasteiger partial charge in [0.15, 0.2) is 0 Å². The molecule has 1 atom stereocenters. The maximum Gasteiger partial charge on any atom is 0.287 e. The summed E-state index contributed by atoms with van der Waals surface area (Å²) in [5.41, 5.74) is 8.59. The molecule has 1 aromatic heterocycles. The number of nitrogens with zero attached hydrogens (tertiary/aromatic N) is 1. The van der Waals surface area contributed by atoms with Crippen molar-refractivity contribution in [2.24, 2.45) is 5.73 Å². The van der Waals surface area contributed by atoms with E-state index in [4.69, 9.17) is 5.73 Å². The number of amides is 2. The highest BCUT2D eigenvalue weighted by Crippen LogP contribution is 2.27. The van der Waals surface area contributed by atoms with Gasteiger partial charge in [-0.1, -0.05) is 60.7 Å². The van der Waals surface area contributed by atoms with Gasteiger partial charge in [0.05, 0.1) is 10.4 Å². The van der Waals surface area contributed by atoms with Gasteiger partial charge in [-0.25, -0.2) is 4.98 Å². The van der Waals surface area contributed by atoms with Crippen LogP contribution in [0.2, 0.25) is 0 Å². The van der Waals surface area contributed by atoms with Crippen LogP contribution in [0, 0.1) is 0 Å². The van der Waals surface area contributed by atoms with Gasteiger partial charge < -0.3 is 11.1 Å². The molecule has 0 bridgehead atoms. The molecule has 0 radical (unpaired) electrons. The summed E-state index contributed by atoms with van der Waals surface area (Å²) < 4.78 is 0. The van der Waals surface area contributed by atoms with E-state index in [0.717, 1.165) is 11.1 Å². The van der Waals surface area contributed by atoms with Crippen LogP contribution in [-0.2, 0) is 16.0 Å². The summed E-state index contributed by atoms with van der Waals surface area (Å²) in [6.07, 6.45) is 0.166. The molecule has 2 aromatic carbocycles. The minimum Gasteiger partial charge on any atom is -0.363 e. The molecule has 3 N–H and O–H groups in total. The Morgan fingerprint density at radius 2 is 1.63 bits per heavy atom. The Labute approximate surface area is 160 Å². The number of carbonyl (C=O) groups is 3. The molecule has 0 spiro atoms. The minimum atomic E-state index is -1.09. The van der Waals surface area contributed by atoms with Crippen molar-refractivity contribution in [3.05, 3.63) is 77.4 Å². The molecule has 1 unspecified atom stereocenters. The van der Waals surface area contributed by atoms with E-state index in [-0.39, 0.29) is 12.1 Å². The highest BCUT2D eigenvalue weighted by molar-refractivity contribution is 7.13. The molecule has 0 saturated carbocycles. The lowest BCUT2D eigenvalue weighted by molar-refractivity contribution is -0.137. The average molecular weight is 379 g/mol. The Kier molecular flexibility index (Phi) is 5.73. The Bertz CT molecular complexity index is 955. The first kappa shape index (κ1) is 18.5. The maximum atomic E-state index is 12.8. The van der Waals surface area contributed by atoms with Crippen molar-refractivity contribution < 1.29 is 14.4 Å². The van der Waals surface area contributed by atoms with Crippen molar-refractivity contribution >= 4 is 28.9 Å². The third kappa shape index (κ3) is 4.45. The highest BCUT2D eigenvalue weighted by atomic mass is 32.1. The summed E-state index contributed by atoms with van der Waals surface area (Å²) in [6, 6.07) is 17.4. The number of benzene rings is 2. The van der Waals surface area contributed by atoms with Gasteiger partial charge in [-0.05, 0) is 11.1 Å². The van der Waals surface area contributed by atoms with E-state index in [1.807, 2.05) is 60.7 Å². The number of Topliss-reactive ketones (excluding diaryl/α,β-unsaturated/α-hetero) is 1. The van der Waals surface area contributed by atoms with Crippen LogP contribution < -0.4 is 11.1 Å². The Morgan fingerprint density at radius 1 is 1.00 bits per heavy atom. The smallest absolute Gasteiger partial charge is 0.287 e. The number of nitrogens with two attached hydrogens (primary N) is 1. The summed E-state index contributed by atoms with van der Waals surface area (Å²) in [7, 11) is 0. The first-order chi connectivity index (χ1) is 13.1. The van der Waals surface area contributed by atoms with Crippen LogP contribution in [0.5, 0.6) is 0 Å². The van der Waals surface area contributed by atoms with Crippen LogP contribution in [-0.4, -0.2) is 28.6 Å². The fourth-order valence-electron chi connectivity index (χ4n) is 2.66. The first-order valence-electron chi connectivity index (χ1n) is 8.23. The van der Waals surface area contributed by atoms with Gasteiger partial charge in [0.2, 0.25) is 5.78 Å². The second kappa shape index (κ2) is 8.37. The van der Waals surface area contributed by atoms with Gasteiger partial charge in [-0.15, -0.1) is 11.3 Å². The van der Waals surface area contributed by atoms with E-state index in [0.29, 0.717) is 4.88 Å². The fraction of sp³-hybridized carbons (Fsp3) is 0.100. The second-order valence-electron chi connectivity index (χ2n) is 5.84. The predicted octanol–water partition coefficient (Wildman–Crippen LogP) is 2.21. The summed E-state index contributed by atoms with van der Waals surface area (Å²) >= 11 is 1.33. The van der Waals surface area contributed by atoms with Gasteiger partial charge >= 0.3 is 0 Å². The van der Waals surface area contributed by atoms with Gasteiger partial charge in [-0.3, -0.25) is 14.4 Å². The first-order valence-corrected chi connectivity index (χ1v) is 9.11. The predicted molar refractivity (Wildman–Crippen MR) is 103 cm³/mol. The molecule has 0 fully saturated rings. The molecule has 0 saturated heterocycles. The summed E-state index contributed by atoms with van der Waals surface area (Å²) in [5, 5.41) is 2.61. The third-order valence-electron chi connectivity index (χ3n) is 3.97. The van der Waals surface area contributed by atoms with E-state index in [1.165, 1.54) is 11.3 Å². The standard InChI is InChI=1S/C20H17N3O3S/c21-19(25)17(24)15(11-13-7-3-1-4-8-13)23-20(26)16-18(27-12-22-16)14-9-5-2-6-10-14/h1-10,12,15H,11H2,(H2,21,25)(H,23,26). The Hall–Kier alpha value is -3.32. The molecule has 7 heteroatoms. The third-order valence-corrected chi connectivity index (χ3v) is 4.84. The SMILES string of the molecule is NC(=O)C(=O)C(Cc1ccccc1)NC(=O)c1ncsc1-c1ccccc1. The van der Waals surface area contributed by atoms with Crippen LogP contribution >= 0.6 is 11.3 Å².